The normalized spacial score (nSPS) is 37.0. The van der Waals surface area contributed by atoms with Crippen molar-refractivity contribution in [3.8, 4) is 0 Å². The van der Waals surface area contributed by atoms with E-state index in [1.54, 1.807) is 4.90 Å². The lowest BCUT2D eigenvalue weighted by Crippen LogP contribution is -2.39. The Hall–Kier alpha value is -1.92. The lowest BCUT2D eigenvalue weighted by molar-refractivity contribution is -0.156. The summed E-state index contributed by atoms with van der Waals surface area (Å²) >= 11 is 0. The third-order valence-corrected chi connectivity index (χ3v) is 4.85. The lowest BCUT2D eigenvalue weighted by Gasteiger charge is -2.24. The van der Waals surface area contributed by atoms with Gasteiger partial charge in [-0.15, -0.1) is 0 Å². The smallest absolute Gasteiger partial charge is 0.322 e. The maximum atomic E-state index is 12.9. The average molecular weight is 303 g/mol. The molecule has 3 heterocycles. The van der Waals surface area contributed by atoms with E-state index >= 15 is 0 Å². The highest BCUT2D eigenvalue weighted by molar-refractivity contribution is 6.06. The summed E-state index contributed by atoms with van der Waals surface area (Å²) in [7, 11) is 0. The van der Waals surface area contributed by atoms with Crippen LogP contribution >= 0.6 is 0 Å². The monoisotopic (exact) mass is 303 g/mol. The number of benzene rings is 1. The molecule has 0 bridgehead atoms. The molecule has 1 aromatic rings. The molecule has 6 heteroatoms. The van der Waals surface area contributed by atoms with Crippen molar-refractivity contribution in [2.24, 2.45) is 5.41 Å². The van der Waals surface area contributed by atoms with E-state index in [-0.39, 0.29) is 25.0 Å². The van der Waals surface area contributed by atoms with Gasteiger partial charge in [0.05, 0.1) is 19.3 Å². The zero-order chi connectivity index (χ0) is 15.3. The van der Waals surface area contributed by atoms with Crippen LogP contribution in [0.5, 0.6) is 0 Å². The number of rotatable bonds is 2. The minimum absolute atomic E-state index is 0.109. The van der Waals surface area contributed by atoms with Crippen molar-refractivity contribution in [3.05, 3.63) is 35.9 Å². The number of amides is 1. The average Bonchev–Trinajstić information content (AvgIpc) is 3.17. The number of carbonyl (C=O) groups is 2. The van der Waals surface area contributed by atoms with Crippen molar-refractivity contribution in [3.63, 3.8) is 0 Å². The van der Waals surface area contributed by atoms with Crippen molar-refractivity contribution in [2.45, 2.75) is 31.2 Å². The predicted molar refractivity (Wildman–Crippen MR) is 74.4 cm³/mol. The van der Waals surface area contributed by atoms with E-state index in [1.807, 2.05) is 30.3 Å². The first kappa shape index (κ1) is 13.7. The Morgan fingerprint density at radius 1 is 1.23 bits per heavy atom. The Kier molecular flexibility index (Phi) is 2.99. The van der Waals surface area contributed by atoms with Gasteiger partial charge in [0.15, 0.2) is 11.6 Å². The molecule has 22 heavy (non-hydrogen) atoms. The van der Waals surface area contributed by atoms with Crippen LogP contribution in [0.25, 0.3) is 0 Å². The van der Waals surface area contributed by atoms with E-state index < -0.39 is 23.7 Å². The van der Waals surface area contributed by atoms with Crippen LogP contribution in [-0.4, -0.2) is 47.2 Å². The molecule has 0 aromatic heterocycles. The van der Waals surface area contributed by atoms with Crippen molar-refractivity contribution < 1.29 is 24.2 Å². The molecule has 0 unspecified atom stereocenters. The number of cyclic esters (lactones) is 1. The molecule has 3 aliphatic rings. The van der Waals surface area contributed by atoms with Gasteiger partial charge in [-0.05, 0) is 6.42 Å². The van der Waals surface area contributed by atoms with Gasteiger partial charge in [-0.2, -0.15) is 0 Å². The number of hydrogen-bond donors (Lipinski definition) is 1. The number of hydrogen-bond acceptors (Lipinski definition) is 5. The van der Waals surface area contributed by atoms with Crippen molar-refractivity contribution in [1.82, 2.24) is 4.90 Å². The van der Waals surface area contributed by atoms with E-state index in [1.165, 1.54) is 0 Å². The second-order valence-corrected chi connectivity index (χ2v) is 6.16. The summed E-state index contributed by atoms with van der Waals surface area (Å²) in [5, 5.41) is 9.22. The number of ether oxygens (including phenoxy) is 2. The minimum atomic E-state index is -1.13. The molecule has 1 N–H and O–H groups in total. The van der Waals surface area contributed by atoms with Gasteiger partial charge in [0.2, 0.25) is 5.91 Å². The van der Waals surface area contributed by atoms with Gasteiger partial charge in [-0.1, -0.05) is 30.3 Å². The zero-order valence-electron chi connectivity index (χ0n) is 12.0. The molecule has 1 spiro atoms. The van der Waals surface area contributed by atoms with Crippen LogP contribution in [0.15, 0.2) is 30.3 Å². The standard InChI is InChI=1S/C16H17NO5/c18-8-12-7-16(15(20)22-12)6-11-9-21-13(17(11)14(16)19)10-4-2-1-3-5-10/h1-5,11-13,18H,6-9H2/t11-,12+,13+,16+/m0/s1. The molecule has 3 aliphatic heterocycles. The Morgan fingerprint density at radius 2 is 2.00 bits per heavy atom. The van der Waals surface area contributed by atoms with Crippen molar-refractivity contribution in [2.75, 3.05) is 13.2 Å². The number of carbonyl (C=O) groups excluding carboxylic acids is 2. The molecule has 0 radical (unpaired) electrons. The van der Waals surface area contributed by atoms with Crippen LogP contribution in [0.4, 0.5) is 0 Å². The first-order chi connectivity index (χ1) is 10.7. The predicted octanol–water partition coefficient (Wildman–Crippen LogP) is 0.611. The quantitative estimate of drug-likeness (QED) is 0.640. The molecule has 116 valence electrons. The Bertz CT molecular complexity index is 618. The number of aliphatic hydroxyl groups excluding tert-OH is 1. The Morgan fingerprint density at radius 3 is 2.68 bits per heavy atom. The number of nitrogens with zero attached hydrogens (tertiary/aromatic N) is 1. The highest BCUT2D eigenvalue weighted by Gasteiger charge is 2.65. The van der Waals surface area contributed by atoms with Crippen LogP contribution in [-0.2, 0) is 19.1 Å². The topological polar surface area (TPSA) is 76.1 Å². The fraction of sp³-hybridized carbons (Fsp3) is 0.500. The van der Waals surface area contributed by atoms with Crippen LogP contribution in [0, 0.1) is 5.41 Å². The first-order valence-corrected chi connectivity index (χ1v) is 7.47. The fourth-order valence-electron chi connectivity index (χ4n) is 3.82. The van der Waals surface area contributed by atoms with Crippen LogP contribution < -0.4 is 0 Å². The van der Waals surface area contributed by atoms with Gasteiger partial charge in [0, 0.05) is 12.0 Å². The molecule has 3 saturated heterocycles. The van der Waals surface area contributed by atoms with E-state index in [0.29, 0.717) is 13.0 Å². The molecule has 4 atom stereocenters. The molecular weight excluding hydrogens is 286 g/mol. The summed E-state index contributed by atoms with van der Waals surface area (Å²) in [4.78, 5) is 26.8. The van der Waals surface area contributed by atoms with Gasteiger partial charge >= 0.3 is 5.97 Å². The SMILES string of the molecule is O=C1O[C@@H](CO)C[C@@]12C[C@H]1CO[C@H](c3ccccc3)N1C2=O. The van der Waals surface area contributed by atoms with E-state index in [0.717, 1.165) is 5.56 Å². The Labute approximate surface area is 127 Å². The van der Waals surface area contributed by atoms with Crippen molar-refractivity contribution >= 4 is 11.9 Å². The van der Waals surface area contributed by atoms with E-state index in [2.05, 4.69) is 0 Å². The summed E-state index contributed by atoms with van der Waals surface area (Å²) in [5.41, 5.74) is -0.227. The maximum absolute atomic E-state index is 12.9. The minimum Gasteiger partial charge on any atom is -0.459 e. The number of fused-ring (bicyclic) bond motifs is 1. The summed E-state index contributed by atoms with van der Waals surface area (Å²) in [5.74, 6) is -0.734. The summed E-state index contributed by atoms with van der Waals surface area (Å²) in [6, 6.07) is 9.41. The zero-order valence-corrected chi connectivity index (χ0v) is 12.0. The lowest BCUT2D eigenvalue weighted by atomic mass is 9.82. The van der Waals surface area contributed by atoms with Gasteiger partial charge in [0.1, 0.15) is 6.10 Å². The molecule has 3 fully saturated rings. The highest BCUT2D eigenvalue weighted by Crippen LogP contribution is 2.51. The van der Waals surface area contributed by atoms with Crippen LogP contribution in [0.1, 0.15) is 24.6 Å². The molecule has 1 amide bonds. The van der Waals surface area contributed by atoms with Gasteiger partial charge in [0.25, 0.3) is 0 Å². The van der Waals surface area contributed by atoms with Crippen LogP contribution in [0.3, 0.4) is 0 Å². The Balaban J connectivity index is 1.66. The summed E-state index contributed by atoms with van der Waals surface area (Å²) in [6.45, 7) is 0.175. The second-order valence-electron chi connectivity index (χ2n) is 6.16. The summed E-state index contributed by atoms with van der Waals surface area (Å²) < 4.78 is 10.9. The van der Waals surface area contributed by atoms with Gasteiger partial charge in [-0.3, -0.25) is 9.59 Å². The van der Waals surface area contributed by atoms with Crippen LogP contribution in [0.2, 0.25) is 0 Å². The number of esters is 1. The molecule has 6 nitrogen and oxygen atoms in total. The van der Waals surface area contributed by atoms with E-state index in [4.69, 9.17) is 9.47 Å². The second kappa shape index (κ2) is 4.79. The molecule has 0 aliphatic carbocycles. The fourth-order valence-corrected chi connectivity index (χ4v) is 3.82. The van der Waals surface area contributed by atoms with E-state index in [9.17, 15) is 14.7 Å². The third-order valence-electron chi connectivity index (χ3n) is 4.85. The van der Waals surface area contributed by atoms with Gasteiger partial charge in [-0.25, -0.2) is 0 Å². The summed E-state index contributed by atoms with van der Waals surface area (Å²) in [6.07, 6.45) is -0.355. The molecule has 0 saturated carbocycles. The van der Waals surface area contributed by atoms with Gasteiger partial charge < -0.3 is 19.5 Å². The molecule has 1 aromatic carbocycles. The van der Waals surface area contributed by atoms with Crippen molar-refractivity contribution in [1.29, 1.82) is 0 Å². The number of aliphatic hydroxyl groups is 1. The molecular formula is C16H17NO5. The third kappa shape index (κ3) is 1.74. The largest absolute Gasteiger partial charge is 0.459 e. The highest BCUT2D eigenvalue weighted by atomic mass is 16.6. The first-order valence-electron chi connectivity index (χ1n) is 7.47. The molecule has 4 rings (SSSR count). The maximum Gasteiger partial charge on any atom is 0.322 e.